The fraction of sp³-hybridized carbons (Fsp3) is 0.562. The predicted octanol–water partition coefficient (Wildman–Crippen LogP) is 2.91. The third-order valence-electron chi connectivity index (χ3n) is 3.08. The van der Waals surface area contributed by atoms with Crippen molar-refractivity contribution in [2.24, 2.45) is 0 Å². The van der Waals surface area contributed by atoms with Crippen LogP contribution in [0, 0.1) is 0 Å². The molecule has 2 rings (SSSR count). The first kappa shape index (κ1) is 15.6. The molecule has 0 aromatic heterocycles. The van der Waals surface area contributed by atoms with E-state index >= 15 is 0 Å². The highest BCUT2D eigenvalue weighted by Crippen LogP contribution is 2.22. The van der Waals surface area contributed by atoms with Crippen LogP contribution in [0.1, 0.15) is 33.3 Å². The van der Waals surface area contributed by atoms with Gasteiger partial charge < -0.3 is 20.1 Å². The third kappa shape index (κ3) is 4.93. The van der Waals surface area contributed by atoms with Crippen LogP contribution in [0.25, 0.3) is 0 Å². The molecular formula is C16H24N2O3. The fourth-order valence-corrected chi connectivity index (χ4v) is 2.02. The highest BCUT2D eigenvalue weighted by Gasteiger charge is 2.32. The molecule has 1 aromatic carbocycles. The minimum atomic E-state index is -0.474. The van der Waals surface area contributed by atoms with Crippen molar-refractivity contribution in [3.63, 3.8) is 0 Å². The number of nitrogens with one attached hydrogen (secondary N) is 2. The number of hydrogen-bond acceptors (Lipinski definition) is 4. The summed E-state index contributed by atoms with van der Waals surface area (Å²) in [6, 6.07) is 8.00. The summed E-state index contributed by atoms with van der Waals surface area (Å²) in [5.41, 5.74) is 1.65. The third-order valence-corrected chi connectivity index (χ3v) is 3.08. The lowest BCUT2D eigenvalue weighted by Gasteiger charge is -2.39. The van der Waals surface area contributed by atoms with Gasteiger partial charge in [0.25, 0.3) is 0 Å². The van der Waals surface area contributed by atoms with Crippen LogP contribution in [0.5, 0.6) is 0 Å². The lowest BCUT2D eigenvalue weighted by molar-refractivity contribution is -0.0318. The van der Waals surface area contributed by atoms with Crippen molar-refractivity contribution in [1.82, 2.24) is 5.32 Å². The zero-order chi connectivity index (χ0) is 15.5. The van der Waals surface area contributed by atoms with Crippen molar-refractivity contribution >= 4 is 11.8 Å². The molecule has 0 atom stereocenters. The van der Waals surface area contributed by atoms with Crippen molar-refractivity contribution in [2.45, 2.75) is 45.4 Å². The van der Waals surface area contributed by atoms with Gasteiger partial charge in [0, 0.05) is 12.2 Å². The van der Waals surface area contributed by atoms with Gasteiger partial charge in [-0.05, 0) is 45.4 Å². The smallest absolute Gasteiger partial charge is 0.407 e. The van der Waals surface area contributed by atoms with Gasteiger partial charge in [0.15, 0.2) is 0 Å². The molecule has 1 aliphatic rings. The lowest BCUT2D eigenvalue weighted by Crippen LogP contribution is -2.53. The molecule has 1 aliphatic heterocycles. The van der Waals surface area contributed by atoms with E-state index in [1.807, 2.05) is 45.0 Å². The topological polar surface area (TPSA) is 59.6 Å². The first-order valence-corrected chi connectivity index (χ1v) is 7.18. The second kappa shape index (κ2) is 5.93. The average Bonchev–Trinajstić information content (AvgIpc) is 2.34. The molecule has 21 heavy (non-hydrogen) atoms. The zero-order valence-electron chi connectivity index (χ0n) is 13.2. The number of ether oxygens (including phenoxy) is 2. The summed E-state index contributed by atoms with van der Waals surface area (Å²) in [5, 5.41) is 6.18. The molecule has 1 saturated heterocycles. The normalized spacial score (nSPS) is 16.8. The molecule has 1 amide bonds. The Labute approximate surface area is 126 Å². The van der Waals surface area contributed by atoms with Crippen LogP contribution in [0.3, 0.4) is 0 Å². The van der Waals surface area contributed by atoms with E-state index in [2.05, 4.69) is 17.6 Å². The monoisotopic (exact) mass is 292 g/mol. The molecule has 1 aromatic rings. The standard InChI is InChI=1S/C16H24N2O3/c1-15(2,3)21-14(19)17-9-12-5-7-13(8-6-12)18-16(4)10-20-11-16/h5-8,18H,9-11H2,1-4H3,(H,17,19). The van der Waals surface area contributed by atoms with Crippen LogP contribution in [0.4, 0.5) is 10.5 Å². The van der Waals surface area contributed by atoms with Crippen LogP contribution in [0.15, 0.2) is 24.3 Å². The van der Waals surface area contributed by atoms with Crippen LogP contribution in [-0.2, 0) is 16.0 Å². The maximum Gasteiger partial charge on any atom is 0.407 e. The fourth-order valence-electron chi connectivity index (χ4n) is 2.02. The summed E-state index contributed by atoms with van der Waals surface area (Å²) in [5.74, 6) is 0. The Balaban J connectivity index is 1.81. The summed E-state index contributed by atoms with van der Waals surface area (Å²) in [4.78, 5) is 11.6. The summed E-state index contributed by atoms with van der Waals surface area (Å²) in [7, 11) is 0. The Kier molecular flexibility index (Phi) is 4.42. The molecular weight excluding hydrogens is 268 g/mol. The van der Waals surface area contributed by atoms with E-state index in [1.54, 1.807) is 0 Å². The Bertz CT molecular complexity index is 487. The second-order valence-electron chi connectivity index (χ2n) is 6.73. The molecule has 0 unspecified atom stereocenters. The van der Waals surface area contributed by atoms with E-state index in [0.717, 1.165) is 24.5 Å². The van der Waals surface area contributed by atoms with Gasteiger partial charge in [0.2, 0.25) is 0 Å². The molecule has 0 aliphatic carbocycles. The van der Waals surface area contributed by atoms with Crippen molar-refractivity contribution in [2.75, 3.05) is 18.5 Å². The van der Waals surface area contributed by atoms with Crippen molar-refractivity contribution in [3.05, 3.63) is 29.8 Å². The minimum Gasteiger partial charge on any atom is -0.444 e. The first-order chi connectivity index (χ1) is 9.76. The largest absolute Gasteiger partial charge is 0.444 e. The van der Waals surface area contributed by atoms with E-state index in [9.17, 15) is 4.79 Å². The van der Waals surface area contributed by atoms with Crippen LogP contribution in [-0.4, -0.2) is 30.4 Å². The van der Waals surface area contributed by atoms with E-state index in [4.69, 9.17) is 9.47 Å². The summed E-state index contributed by atoms with van der Waals surface area (Å²) in [6.45, 7) is 9.58. The highest BCUT2D eigenvalue weighted by atomic mass is 16.6. The van der Waals surface area contributed by atoms with E-state index in [0.29, 0.717) is 6.54 Å². The molecule has 0 saturated carbocycles. The van der Waals surface area contributed by atoms with Crippen molar-refractivity contribution in [1.29, 1.82) is 0 Å². The van der Waals surface area contributed by atoms with Gasteiger partial charge in [0.1, 0.15) is 5.60 Å². The van der Waals surface area contributed by atoms with Gasteiger partial charge in [0.05, 0.1) is 18.8 Å². The van der Waals surface area contributed by atoms with Gasteiger partial charge in [-0.3, -0.25) is 0 Å². The number of benzene rings is 1. The van der Waals surface area contributed by atoms with Crippen molar-refractivity contribution < 1.29 is 14.3 Å². The van der Waals surface area contributed by atoms with E-state index < -0.39 is 11.7 Å². The van der Waals surface area contributed by atoms with Gasteiger partial charge >= 0.3 is 6.09 Å². The molecule has 5 heteroatoms. The van der Waals surface area contributed by atoms with Gasteiger partial charge in [-0.1, -0.05) is 12.1 Å². The molecule has 2 N–H and O–H groups in total. The Morgan fingerprint density at radius 3 is 2.38 bits per heavy atom. The number of carbonyl (C=O) groups excluding carboxylic acids is 1. The molecule has 5 nitrogen and oxygen atoms in total. The van der Waals surface area contributed by atoms with Crippen LogP contribution in [0.2, 0.25) is 0 Å². The lowest BCUT2D eigenvalue weighted by atomic mass is 10.00. The molecule has 116 valence electrons. The summed E-state index contributed by atoms with van der Waals surface area (Å²) in [6.07, 6.45) is -0.399. The summed E-state index contributed by atoms with van der Waals surface area (Å²) < 4.78 is 10.4. The molecule has 1 fully saturated rings. The van der Waals surface area contributed by atoms with E-state index in [-0.39, 0.29) is 5.54 Å². The van der Waals surface area contributed by atoms with Gasteiger partial charge in [-0.15, -0.1) is 0 Å². The Morgan fingerprint density at radius 2 is 1.90 bits per heavy atom. The first-order valence-electron chi connectivity index (χ1n) is 7.18. The van der Waals surface area contributed by atoms with E-state index in [1.165, 1.54) is 0 Å². The molecule has 0 spiro atoms. The number of anilines is 1. The molecule has 1 heterocycles. The number of carbonyl (C=O) groups is 1. The number of hydrogen-bond donors (Lipinski definition) is 2. The molecule has 0 radical (unpaired) electrons. The number of amides is 1. The maximum atomic E-state index is 11.6. The average molecular weight is 292 g/mol. The predicted molar refractivity (Wildman–Crippen MR) is 82.4 cm³/mol. The highest BCUT2D eigenvalue weighted by molar-refractivity contribution is 5.67. The second-order valence-corrected chi connectivity index (χ2v) is 6.73. The zero-order valence-corrected chi connectivity index (χ0v) is 13.2. The summed E-state index contributed by atoms with van der Waals surface area (Å²) >= 11 is 0. The SMILES string of the molecule is CC1(Nc2ccc(CNC(=O)OC(C)(C)C)cc2)COC1. The Morgan fingerprint density at radius 1 is 1.29 bits per heavy atom. The number of rotatable bonds is 4. The molecule has 0 bridgehead atoms. The number of alkyl carbamates (subject to hydrolysis) is 1. The Hall–Kier alpha value is -1.75. The van der Waals surface area contributed by atoms with Gasteiger partial charge in [-0.2, -0.15) is 0 Å². The van der Waals surface area contributed by atoms with Crippen LogP contribution < -0.4 is 10.6 Å². The quantitative estimate of drug-likeness (QED) is 0.896. The van der Waals surface area contributed by atoms with Crippen LogP contribution >= 0.6 is 0 Å². The van der Waals surface area contributed by atoms with Crippen molar-refractivity contribution in [3.8, 4) is 0 Å². The van der Waals surface area contributed by atoms with Gasteiger partial charge in [-0.25, -0.2) is 4.79 Å². The minimum absolute atomic E-state index is 0.0380. The maximum absolute atomic E-state index is 11.6.